The molecule has 3 rings (SSSR count). The monoisotopic (exact) mass is 371 g/mol. The molecule has 6 heteroatoms. The minimum Gasteiger partial charge on any atom is -0.312 e. The first-order valence-corrected chi connectivity index (χ1v) is 9.09. The summed E-state index contributed by atoms with van der Waals surface area (Å²) < 4.78 is 0. The van der Waals surface area contributed by atoms with Crippen LogP contribution >= 0.6 is 11.6 Å². The maximum atomic E-state index is 12.4. The van der Waals surface area contributed by atoms with E-state index in [4.69, 9.17) is 11.6 Å². The highest BCUT2D eigenvalue weighted by Gasteiger charge is 2.24. The SMILES string of the molecule is CC(C)C(=O)N1CCCc2cc(NC(=O)Nc3cccc(Cl)c3)ccc21. The van der Waals surface area contributed by atoms with E-state index in [0.717, 1.165) is 30.6 Å². The van der Waals surface area contributed by atoms with Gasteiger partial charge >= 0.3 is 6.03 Å². The average Bonchev–Trinajstić information content (AvgIpc) is 2.60. The van der Waals surface area contributed by atoms with Crippen LogP contribution in [0.15, 0.2) is 42.5 Å². The molecule has 1 aliphatic heterocycles. The van der Waals surface area contributed by atoms with E-state index in [-0.39, 0.29) is 17.9 Å². The van der Waals surface area contributed by atoms with Crippen molar-refractivity contribution in [1.29, 1.82) is 0 Å². The largest absolute Gasteiger partial charge is 0.323 e. The molecule has 0 spiro atoms. The molecule has 0 saturated carbocycles. The number of carbonyl (C=O) groups excluding carboxylic acids is 2. The fourth-order valence-corrected chi connectivity index (χ4v) is 3.27. The average molecular weight is 372 g/mol. The van der Waals surface area contributed by atoms with Gasteiger partial charge in [0.1, 0.15) is 0 Å². The van der Waals surface area contributed by atoms with Crippen LogP contribution in [0.5, 0.6) is 0 Å². The lowest BCUT2D eigenvalue weighted by Gasteiger charge is -2.31. The van der Waals surface area contributed by atoms with Gasteiger partial charge in [-0.05, 0) is 54.8 Å². The van der Waals surface area contributed by atoms with Gasteiger partial charge in [-0.25, -0.2) is 4.79 Å². The van der Waals surface area contributed by atoms with Crippen LogP contribution in [0.3, 0.4) is 0 Å². The van der Waals surface area contributed by atoms with E-state index in [1.54, 1.807) is 24.3 Å². The number of halogens is 1. The van der Waals surface area contributed by atoms with Gasteiger partial charge in [0.15, 0.2) is 0 Å². The molecule has 0 saturated heterocycles. The van der Waals surface area contributed by atoms with Gasteiger partial charge in [0.25, 0.3) is 0 Å². The van der Waals surface area contributed by atoms with Crippen molar-refractivity contribution in [3.63, 3.8) is 0 Å². The Hall–Kier alpha value is -2.53. The third-order valence-electron chi connectivity index (χ3n) is 4.30. The van der Waals surface area contributed by atoms with Gasteiger partial charge in [-0.1, -0.05) is 31.5 Å². The summed E-state index contributed by atoms with van der Waals surface area (Å²) in [5, 5.41) is 6.15. The van der Waals surface area contributed by atoms with Gasteiger partial charge in [-0.2, -0.15) is 0 Å². The summed E-state index contributed by atoms with van der Waals surface area (Å²) in [4.78, 5) is 26.4. The second-order valence-corrected chi connectivity index (χ2v) is 7.12. The molecule has 0 radical (unpaired) electrons. The highest BCUT2D eigenvalue weighted by molar-refractivity contribution is 6.30. The second kappa shape index (κ2) is 7.79. The molecule has 5 nitrogen and oxygen atoms in total. The van der Waals surface area contributed by atoms with E-state index in [2.05, 4.69) is 10.6 Å². The molecule has 0 aromatic heterocycles. The van der Waals surface area contributed by atoms with Crippen molar-refractivity contribution >= 4 is 40.6 Å². The highest BCUT2D eigenvalue weighted by Crippen LogP contribution is 2.30. The smallest absolute Gasteiger partial charge is 0.312 e. The first-order chi connectivity index (χ1) is 12.4. The number of nitrogens with one attached hydrogen (secondary N) is 2. The Morgan fingerprint density at radius 2 is 1.81 bits per heavy atom. The molecular formula is C20H22ClN3O2. The molecule has 0 aliphatic carbocycles. The lowest BCUT2D eigenvalue weighted by molar-refractivity contribution is -0.121. The fourth-order valence-electron chi connectivity index (χ4n) is 3.08. The van der Waals surface area contributed by atoms with Crippen LogP contribution in [-0.2, 0) is 11.2 Å². The van der Waals surface area contributed by atoms with Crippen molar-refractivity contribution in [2.45, 2.75) is 26.7 Å². The van der Waals surface area contributed by atoms with E-state index in [1.807, 2.05) is 36.9 Å². The molecule has 2 aromatic rings. The van der Waals surface area contributed by atoms with Crippen molar-refractivity contribution < 1.29 is 9.59 Å². The van der Waals surface area contributed by atoms with Crippen LogP contribution in [0.2, 0.25) is 5.02 Å². The van der Waals surface area contributed by atoms with Gasteiger partial charge in [-0.15, -0.1) is 0 Å². The minimum atomic E-state index is -0.335. The first kappa shape index (κ1) is 18.3. The normalized spacial score (nSPS) is 13.3. The minimum absolute atomic E-state index is 0.0396. The Bertz CT molecular complexity index is 836. The van der Waals surface area contributed by atoms with Crippen LogP contribution in [0.25, 0.3) is 0 Å². The third-order valence-corrected chi connectivity index (χ3v) is 4.53. The number of carbonyl (C=O) groups is 2. The summed E-state index contributed by atoms with van der Waals surface area (Å²) in [6.07, 6.45) is 1.81. The van der Waals surface area contributed by atoms with Crippen LogP contribution in [0.1, 0.15) is 25.8 Å². The summed E-state index contributed by atoms with van der Waals surface area (Å²) >= 11 is 5.93. The molecule has 1 heterocycles. The van der Waals surface area contributed by atoms with E-state index in [0.29, 0.717) is 16.4 Å². The lowest BCUT2D eigenvalue weighted by atomic mass is 9.99. The first-order valence-electron chi connectivity index (χ1n) is 8.72. The summed E-state index contributed by atoms with van der Waals surface area (Å²) in [5.41, 5.74) is 3.34. The van der Waals surface area contributed by atoms with Crippen molar-refractivity contribution in [2.75, 3.05) is 22.1 Å². The summed E-state index contributed by atoms with van der Waals surface area (Å²) in [5.74, 6) is 0.0904. The van der Waals surface area contributed by atoms with E-state index < -0.39 is 0 Å². The maximum Gasteiger partial charge on any atom is 0.323 e. The summed E-state index contributed by atoms with van der Waals surface area (Å²) in [7, 11) is 0. The predicted molar refractivity (Wildman–Crippen MR) is 106 cm³/mol. The zero-order valence-electron chi connectivity index (χ0n) is 14.9. The fraction of sp³-hybridized carbons (Fsp3) is 0.300. The quantitative estimate of drug-likeness (QED) is 0.804. The Labute approximate surface area is 158 Å². The summed E-state index contributed by atoms with van der Waals surface area (Å²) in [6.45, 7) is 4.56. The van der Waals surface area contributed by atoms with E-state index >= 15 is 0 Å². The molecule has 0 unspecified atom stereocenters. The molecule has 0 atom stereocenters. The maximum absolute atomic E-state index is 12.4. The molecule has 2 aromatic carbocycles. The molecule has 26 heavy (non-hydrogen) atoms. The van der Waals surface area contributed by atoms with Gasteiger partial charge in [0.2, 0.25) is 5.91 Å². The van der Waals surface area contributed by atoms with Crippen molar-refractivity contribution in [1.82, 2.24) is 0 Å². The number of fused-ring (bicyclic) bond motifs is 1. The molecule has 3 amide bonds. The summed E-state index contributed by atoms with van der Waals surface area (Å²) in [6, 6.07) is 12.3. The topological polar surface area (TPSA) is 61.4 Å². The molecule has 136 valence electrons. The number of amides is 3. The highest BCUT2D eigenvalue weighted by atomic mass is 35.5. The number of hydrogen-bond acceptors (Lipinski definition) is 2. The number of nitrogens with zero attached hydrogens (tertiary/aromatic N) is 1. The van der Waals surface area contributed by atoms with Crippen molar-refractivity contribution in [2.24, 2.45) is 5.92 Å². The van der Waals surface area contributed by atoms with Crippen LogP contribution in [0, 0.1) is 5.92 Å². The second-order valence-electron chi connectivity index (χ2n) is 6.68. The zero-order valence-corrected chi connectivity index (χ0v) is 15.6. The third kappa shape index (κ3) is 4.17. The molecule has 0 bridgehead atoms. The predicted octanol–water partition coefficient (Wildman–Crippen LogP) is 4.92. The van der Waals surface area contributed by atoms with Gasteiger partial charge in [-0.3, -0.25) is 4.79 Å². The molecule has 1 aliphatic rings. The lowest BCUT2D eigenvalue weighted by Crippen LogP contribution is -2.38. The number of anilines is 3. The standard InChI is InChI=1S/C20H22ClN3O2/c1-13(2)19(25)24-10-4-5-14-11-17(8-9-18(14)24)23-20(26)22-16-7-3-6-15(21)12-16/h3,6-9,11-13H,4-5,10H2,1-2H3,(H2,22,23,26). The van der Waals surface area contributed by atoms with Gasteiger partial charge in [0, 0.05) is 34.5 Å². The Kier molecular flexibility index (Phi) is 5.47. The van der Waals surface area contributed by atoms with Crippen LogP contribution < -0.4 is 15.5 Å². The number of aryl methyl sites for hydroxylation is 1. The molecular weight excluding hydrogens is 350 g/mol. The van der Waals surface area contributed by atoms with E-state index in [1.165, 1.54) is 0 Å². The molecule has 0 fully saturated rings. The number of benzene rings is 2. The number of hydrogen-bond donors (Lipinski definition) is 2. The number of rotatable bonds is 3. The Morgan fingerprint density at radius 1 is 1.08 bits per heavy atom. The van der Waals surface area contributed by atoms with Crippen molar-refractivity contribution in [3.8, 4) is 0 Å². The van der Waals surface area contributed by atoms with Gasteiger partial charge < -0.3 is 15.5 Å². The molecule has 2 N–H and O–H groups in total. The van der Waals surface area contributed by atoms with Crippen molar-refractivity contribution in [3.05, 3.63) is 53.1 Å². The van der Waals surface area contributed by atoms with Crippen LogP contribution in [-0.4, -0.2) is 18.5 Å². The Balaban J connectivity index is 1.72. The van der Waals surface area contributed by atoms with Gasteiger partial charge in [0.05, 0.1) is 0 Å². The zero-order chi connectivity index (χ0) is 18.7. The number of urea groups is 1. The Morgan fingerprint density at radius 3 is 2.50 bits per heavy atom. The van der Waals surface area contributed by atoms with E-state index in [9.17, 15) is 9.59 Å². The van der Waals surface area contributed by atoms with Crippen LogP contribution in [0.4, 0.5) is 21.9 Å².